The highest BCUT2D eigenvalue weighted by atomic mass is 16.6. The van der Waals surface area contributed by atoms with Crippen molar-refractivity contribution in [2.24, 2.45) is 35.5 Å². The van der Waals surface area contributed by atoms with Crippen LogP contribution in [0.5, 0.6) is 0 Å². The molecule has 1 aliphatic carbocycles. The smallest absolute Gasteiger partial charge is 0.329 e. The molecule has 15 atom stereocenters. The zero-order valence-corrected chi connectivity index (χ0v) is 53.7. The predicted molar refractivity (Wildman–Crippen MR) is 327 cm³/mol. The Bertz CT molecular complexity index is 2620. The summed E-state index contributed by atoms with van der Waals surface area (Å²) < 4.78 is 36.1. The molecule has 1 aromatic heterocycles. The molecule has 4 fully saturated rings. The third-order valence-corrected chi connectivity index (χ3v) is 18.4. The van der Waals surface area contributed by atoms with E-state index in [0.717, 1.165) is 11.1 Å². The first kappa shape index (κ1) is 70.5. The Morgan fingerprint density at radius 2 is 1.54 bits per heavy atom. The molecule has 2 amide bonds. The Balaban J connectivity index is 1.17. The molecule has 0 unspecified atom stereocenters. The zero-order chi connectivity index (χ0) is 63.7. The molecular formula is C66H100N6O15. The largest absolute Gasteiger partial charge is 0.460 e. The Kier molecular flexibility index (Phi) is 27.0. The van der Waals surface area contributed by atoms with Gasteiger partial charge in [-0.05, 0) is 133 Å². The van der Waals surface area contributed by atoms with E-state index >= 15 is 0 Å². The van der Waals surface area contributed by atoms with Crippen molar-refractivity contribution in [1.29, 1.82) is 0 Å². The first-order valence-electron chi connectivity index (χ1n) is 31.5. The van der Waals surface area contributed by atoms with Crippen molar-refractivity contribution in [2.75, 3.05) is 79.6 Å². The number of fused-ring (bicyclic) bond motifs is 3. The number of piperazine rings is 1. The summed E-state index contributed by atoms with van der Waals surface area (Å²) >= 11 is 0. The number of aryl methyl sites for hydroxylation is 1. The molecule has 21 nitrogen and oxygen atoms in total. The Labute approximate surface area is 515 Å². The van der Waals surface area contributed by atoms with E-state index in [1.54, 1.807) is 53.5 Å². The van der Waals surface area contributed by atoms with Crippen LogP contribution in [-0.2, 0) is 68.4 Å². The van der Waals surface area contributed by atoms with Gasteiger partial charge in [0.25, 0.3) is 11.7 Å². The molecule has 21 heteroatoms. The number of aliphatic hydroxyl groups is 2. The van der Waals surface area contributed by atoms with Crippen LogP contribution in [0.1, 0.15) is 138 Å². The molecule has 87 heavy (non-hydrogen) atoms. The highest BCUT2D eigenvalue weighted by Gasteiger charge is 2.53. The zero-order valence-electron chi connectivity index (χ0n) is 53.7. The molecule has 0 radical (unpaired) electrons. The van der Waals surface area contributed by atoms with Crippen molar-refractivity contribution in [1.82, 2.24) is 24.7 Å². The minimum atomic E-state index is -2.47. The van der Waals surface area contributed by atoms with Gasteiger partial charge in [-0.1, -0.05) is 71.1 Å². The maximum Gasteiger partial charge on any atom is 0.329 e. The van der Waals surface area contributed by atoms with Crippen LogP contribution in [0.15, 0.2) is 60.0 Å². The van der Waals surface area contributed by atoms with Crippen molar-refractivity contribution in [3.8, 4) is 0 Å². The average molecular weight is 1220 g/mol. The van der Waals surface area contributed by atoms with Gasteiger partial charge in [0.15, 0.2) is 5.78 Å². The lowest BCUT2D eigenvalue weighted by Gasteiger charge is -2.42. The van der Waals surface area contributed by atoms with Crippen LogP contribution in [0.25, 0.3) is 0 Å². The topological polar surface area (TPSA) is 254 Å². The lowest BCUT2D eigenvalue weighted by atomic mass is 9.78. The Hall–Kier alpha value is -5.55. The van der Waals surface area contributed by atoms with Gasteiger partial charge in [-0.25, -0.2) is 14.8 Å². The number of allylic oxidation sites excluding steroid dienone is 6. The number of carbonyl (C=O) groups is 7. The van der Waals surface area contributed by atoms with E-state index in [-0.39, 0.29) is 61.1 Å². The van der Waals surface area contributed by atoms with Crippen molar-refractivity contribution >= 4 is 47.1 Å². The molecule has 2 bridgehead atoms. The van der Waals surface area contributed by atoms with Gasteiger partial charge < -0.3 is 58.2 Å². The number of rotatable bonds is 13. The summed E-state index contributed by atoms with van der Waals surface area (Å²) in [6, 6.07) is -1.19. The molecule has 6 rings (SSSR count). The molecule has 2 N–H and O–H groups in total. The number of nitrogens with zero attached hydrogens (tertiary/aromatic N) is 6. The number of ether oxygens (including phenoxy) is 6. The molecule has 5 aliphatic rings. The number of anilines is 1. The number of Topliss-reactive ketones (excluding diaryl/α,β-unsaturated/α-hetero) is 3. The number of hydrogen-bond acceptors (Lipinski definition) is 19. The standard InChI is InChI=1S/C66H100N6O15/c1-41-18-14-13-15-19-42(2)54(82-10)36-50-24-21-47(7)66(81,87-50)62(78)63(79)72-27-17-16-20-51(72)64(80)86-55(37-52(73)43(3)33-46(6)60(77)61(84-12)59(76)45(5)32-41)44(4)34-48-22-25-53(56(35-48)83-11)85-58(75)26-23-49-38-67-65(68-39-49)71-30-28-70(29-31-71)57(74)40-69(8)9/h13-15,18-19,33,38-39,41,43-45,47-48,50-51,53-56,60-61,77,81H,16-17,20-32,34-37,40H2,1-12H3/b15-13+,18-14+,42-19+,46-33+/t41-,43-,44-,45-,47-,48+,50+,51+,53-,54+,55+,56-,60-,61+,66-/m1/s1. The molecule has 3 saturated heterocycles. The molecule has 1 aromatic rings. The summed E-state index contributed by atoms with van der Waals surface area (Å²) in [5.74, 6) is -8.21. The maximum absolute atomic E-state index is 14.7. The van der Waals surface area contributed by atoms with Crippen LogP contribution < -0.4 is 4.90 Å². The highest BCUT2D eigenvalue weighted by molar-refractivity contribution is 6.39. The summed E-state index contributed by atoms with van der Waals surface area (Å²) in [5, 5.41) is 23.7. The van der Waals surface area contributed by atoms with E-state index in [1.807, 2.05) is 86.9 Å². The fraction of sp³-hybridized carbons (Fsp3) is 0.712. The van der Waals surface area contributed by atoms with E-state index in [9.17, 15) is 43.8 Å². The average Bonchev–Trinajstić information content (AvgIpc) is 2.48. The Morgan fingerprint density at radius 3 is 2.21 bits per heavy atom. The van der Waals surface area contributed by atoms with Crippen LogP contribution in [-0.4, -0.2) is 205 Å². The normalized spacial score (nSPS) is 34.2. The van der Waals surface area contributed by atoms with Crippen molar-refractivity contribution in [3.63, 3.8) is 0 Å². The van der Waals surface area contributed by atoms with E-state index in [4.69, 9.17) is 28.4 Å². The second-order valence-electron chi connectivity index (χ2n) is 25.5. The van der Waals surface area contributed by atoms with E-state index in [2.05, 4.69) is 9.97 Å². The second kappa shape index (κ2) is 33.3. The first-order chi connectivity index (χ1) is 41.4. The Morgan fingerprint density at radius 1 is 0.828 bits per heavy atom. The fourth-order valence-corrected chi connectivity index (χ4v) is 12.9. The predicted octanol–water partition coefficient (Wildman–Crippen LogP) is 6.36. The number of ketones is 3. The maximum atomic E-state index is 14.7. The number of aromatic nitrogens is 2. The van der Waals surface area contributed by atoms with Crippen LogP contribution in [0.4, 0.5) is 5.95 Å². The molecule has 0 spiro atoms. The summed E-state index contributed by atoms with van der Waals surface area (Å²) in [6.45, 7) is 15.4. The molecule has 4 aliphatic heterocycles. The number of aliphatic hydroxyl groups excluding tert-OH is 1. The highest BCUT2D eigenvalue weighted by Crippen LogP contribution is 2.38. The van der Waals surface area contributed by atoms with Crippen LogP contribution in [0.3, 0.4) is 0 Å². The quantitative estimate of drug-likeness (QED) is 0.124. The summed E-state index contributed by atoms with van der Waals surface area (Å²) in [6.07, 6.45) is 14.3. The third kappa shape index (κ3) is 19.5. The summed E-state index contributed by atoms with van der Waals surface area (Å²) in [4.78, 5) is 114. The molecule has 1 saturated carbocycles. The van der Waals surface area contributed by atoms with Crippen molar-refractivity contribution in [3.05, 3.63) is 65.6 Å². The van der Waals surface area contributed by atoms with Gasteiger partial charge in [0, 0.05) is 103 Å². The lowest BCUT2D eigenvalue weighted by molar-refractivity contribution is -0.265. The van der Waals surface area contributed by atoms with Gasteiger partial charge in [-0.15, -0.1) is 0 Å². The number of carbonyl (C=O) groups excluding carboxylic acids is 7. The number of esters is 2. The number of hydrogen-bond donors (Lipinski definition) is 2. The van der Waals surface area contributed by atoms with Gasteiger partial charge in [0.05, 0.1) is 24.9 Å². The molecule has 0 aromatic carbocycles. The third-order valence-electron chi connectivity index (χ3n) is 18.4. The van der Waals surface area contributed by atoms with Gasteiger partial charge in [0.1, 0.15) is 36.2 Å². The number of likely N-dealkylation sites (N-methyl/N-ethyl adjacent to an activating group) is 1. The first-order valence-corrected chi connectivity index (χ1v) is 31.5. The van der Waals surface area contributed by atoms with E-state index in [1.165, 1.54) is 12.0 Å². The number of cyclic esters (lactones) is 1. The number of methoxy groups -OCH3 is 3. The van der Waals surface area contributed by atoms with Gasteiger partial charge in [-0.3, -0.25) is 28.8 Å². The number of amides is 2. The minimum Gasteiger partial charge on any atom is -0.460 e. The second-order valence-corrected chi connectivity index (χ2v) is 25.5. The van der Waals surface area contributed by atoms with Crippen LogP contribution in [0, 0.1) is 35.5 Å². The summed E-state index contributed by atoms with van der Waals surface area (Å²) in [5.41, 5.74) is 2.01. The van der Waals surface area contributed by atoms with Crippen LogP contribution in [0.2, 0.25) is 0 Å². The van der Waals surface area contributed by atoms with E-state index in [0.29, 0.717) is 115 Å². The lowest BCUT2D eigenvalue weighted by Crippen LogP contribution is -2.61. The van der Waals surface area contributed by atoms with Crippen molar-refractivity contribution < 1.29 is 72.2 Å². The molecule has 484 valence electrons. The number of piperidine rings is 1. The molecule has 5 heterocycles. The van der Waals surface area contributed by atoms with Gasteiger partial charge in [0.2, 0.25) is 17.6 Å². The van der Waals surface area contributed by atoms with Gasteiger partial charge >= 0.3 is 11.9 Å². The van der Waals surface area contributed by atoms with Gasteiger partial charge in [-0.2, -0.15) is 0 Å². The monoisotopic (exact) mass is 1220 g/mol. The summed E-state index contributed by atoms with van der Waals surface area (Å²) in [7, 11) is 8.26. The fourth-order valence-electron chi connectivity index (χ4n) is 12.9. The van der Waals surface area contributed by atoms with Crippen LogP contribution >= 0.6 is 0 Å². The molecular weight excluding hydrogens is 1120 g/mol. The van der Waals surface area contributed by atoms with Crippen molar-refractivity contribution in [2.45, 2.75) is 193 Å². The SMILES string of the molecule is CO[C@H]1C[C@@H]2CC[C@@H](C)[C@@](O)(O2)C(=O)C(=O)N2CCCC[C@H]2C(=O)O[C@H]([C@H](C)C[C@@H]2CC[C@@H](OC(=O)CCc3cnc(N4CCN(C(=O)CN(C)C)CC4)nc3)[C@H](OC)C2)CC(=O)[C@H](C)/C=C(\C)[C@@H](O)[C@@H](OC)C(=O)[C@H](C)C[C@H](C)/C=C/C=C/C=C/1C. The van der Waals surface area contributed by atoms with E-state index < -0.39 is 95.9 Å². The minimum absolute atomic E-state index is 0.00323.